The van der Waals surface area contributed by atoms with Crippen LogP contribution in [-0.4, -0.2) is 18.8 Å². The first-order chi connectivity index (χ1) is 10.9. The zero-order chi connectivity index (χ0) is 15.4. The lowest BCUT2D eigenvalue weighted by molar-refractivity contribution is 0.949. The van der Waals surface area contributed by atoms with E-state index in [0.29, 0.717) is 0 Å². The number of hydrogen-bond acceptors (Lipinski definition) is 2. The Bertz CT molecular complexity index is 667. The van der Waals surface area contributed by atoms with Crippen molar-refractivity contribution in [3.8, 4) is 0 Å². The van der Waals surface area contributed by atoms with Crippen molar-refractivity contribution in [2.75, 3.05) is 18.0 Å². The number of rotatable bonds is 2. The minimum atomic E-state index is 0.958. The highest BCUT2D eigenvalue weighted by Crippen LogP contribution is 2.29. The summed E-state index contributed by atoms with van der Waals surface area (Å²) in [5.41, 5.74) is 6.29. The molecule has 1 saturated heterocycles. The van der Waals surface area contributed by atoms with Crippen molar-refractivity contribution in [1.82, 2.24) is 0 Å². The molecule has 2 aromatic rings. The first-order valence-corrected chi connectivity index (χ1v) is 8.41. The number of para-hydroxylation sites is 1. The molecular weight excluding hydrogens is 268 g/mol. The van der Waals surface area contributed by atoms with Crippen molar-refractivity contribution < 1.29 is 0 Å². The fourth-order valence-electron chi connectivity index (χ4n) is 3.16. The van der Waals surface area contributed by atoms with Gasteiger partial charge in [0.25, 0.3) is 0 Å². The zero-order valence-electron chi connectivity index (χ0n) is 13.5. The molecular formula is C20H24N2. The van der Waals surface area contributed by atoms with E-state index in [-0.39, 0.29) is 0 Å². The monoisotopic (exact) mass is 292 g/mol. The lowest BCUT2D eigenvalue weighted by Crippen LogP contribution is -2.17. The standard InChI is InChI=1S/C18H18N2.C2H6/c1-2-9-17-15(6-1)13-18(19-17)14-7-5-8-16(12-14)20-10-3-4-11-20;1-2/h1-2,5-9,12H,3-4,10-11,13H2;1-2H3. The maximum atomic E-state index is 4.79. The van der Waals surface area contributed by atoms with E-state index in [2.05, 4.69) is 53.4 Å². The van der Waals surface area contributed by atoms with Gasteiger partial charge in [0.1, 0.15) is 0 Å². The molecule has 1 fully saturated rings. The second kappa shape index (κ2) is 6.78. The molecule has 0 aromatic heterocycles. The number of benzene rings is 2. The van der Waals surface area contributed by atoms with Crippen LogP contribution in [0.5, 0.6) is 0 Å². The van der Waals surface area contributed by atoms with Gasteiger partial charge in [0.15, 0.2) is 0 Å². The summed E-state index contributed by atoms with van der Waals surface area (Å²) in [6.45, 7) is 6.38. The van der Waals surface area contributed by atoms with Gasteiger partial charge in [-0.3, -0.25) is 4.99 Å². The normalized spacial score (nSPS) is 15.9. The lowest BCUT2D eigenvalue weighted by atomic mass is 10.0. The molecule has 2 aliphatic rings. The van der Waals surface area contributed by atoms with Crippen LogP contribution in [-0.2, 0) is 6.42 Å². The van der Waals surface area contributed by atoms with Crippen LogP contribution in [0.25, 0.3) is 0 Å². The molecule has 22 heavy (non-hydrogen) atoms. The van der Waals surface area contributed by atoms with Crippen LogP contribution in [0, 0.1) is 0 Å². The van der Waals surface area contributed by atoms with E-state index < -0.39 is 0 Å². The second-order valence-corrected chi connectivity index (χ2v) is 5.61. The van der Waals surface area contributed by atoms with Crippen molar-refractivity contribution in [1.29, 1.82) is 0 Å². The largest absolute Gasteiger partial charge is 0.372 e. The van der Waals surface area contributed by atoms with E-state index >= 15 is 0 Å². The SMILES string of the molecule is CC.c1cc(C2=Nc3ccccc3C2)cc(N2CCCC2)c1. The molecule has 0 N–H and O–H groups in total. The number of aliphatic imine (C=N–C) groups is 1. The highest BCUT2D eigenvalue weighted by molar-refractivity contribution is 6.07. The molecule has 0 spiro atoms. The van der Waals surface area contributed by atoms with E-state index in [1.165, 1.54) is 48.5 Å². The van der Waals surface area contributed by atoms with Crippen LogP contribution in [0.15, 0.2) is 53.5 Å². The van der Waals surface area contributed by atoms with Gasteiger partial charge in [-0.25, -0.2) is 0 Å². The topological polar surface area (TPSA) is 15.6 Å². The Labute approximate surface area is 133 Å². The van der Waals surface area contributed by atoms with Gasteiger partial charge in [0.2, 0.25) is 0 Å². The number of fused-ring (bicyclic) bond motifs is 1. The molecule has 0 radical (unpaired) electrons. The summed E-state index contributed by atoms with van der Waals surface area (Å²) in [6, 6.07) is 17.3. The molecule has 114 valence electrons. The maximum Gasteiger partial charge on any atom is 0.0669 e. The van der Waals surface area contributed by atoms with Crippen LogP contribution >= 0.6 is 0 Å². The van der Waals surface area contributed by atoms with E-state index in [1.807, 2.05) is 13.8 Å². The highest BCUT2D eigenvalue weighted by atomic mass is 15.1. The van der Waals surface area contributed by atoms with Crippen molar-refractivity contribution in [2.45, 2.75) is 33.1 Å². The maximum absolute atomic E-state index is 4.79. The molecule has 0 aliphatic carbocycles. The number of hydrogen-bond donors (Lipinski definition) is 0. The van der Waals surface area contributed by atoms with Crippen molar-refractivity contribution >= 4 is 17.1 Å². The summed E-state index contributed by atoms with van der Waals surface area (Å²) in [4.78, 5) is 7.27. The summed E-state index contributed by atoms with van der Waals surface area (Å²) >= 11 is 0. The molecule has 0 saturated carbocycles. The van der Waals surface area contributed by atoms with Gasteiger partial charge >= 0.3 is 0 Å². The van der Waals surface area contributed by atoms with Crippen LogP contribution < -0.4 is 4.90 Å². The first-order valence-electron chi connectivity index (χ1n) is 8.41. The Hall–Kier alpha value is -2.09. The van der Waals surface area contributed by atoms with Crippen LogP contribution in [0.1, 0.15) is 37.8 Å². The Kier molecular flexibility index (Phi) is 4.57. The van der Waals surface area contributed by atoms with Crippen LogP contribution in [0.2, 0.25) is 0 Å². The van der Waals surface area contributed by atoms with Crippen molar-refractivity contribution in [2.24, 2.45) is 4.99 Å². The Morgan fingerprint density at radius 3 is 2.45 bits per heavy atom. The molecule has 2 heterocycles. The summed E-state index contributed by atoms with van der Waals surface area (Å²) in [7, 11) is 0. The third-order valence-electron chi connectivity index (χ3n) is 4.26. The number of nitrogens with zero attached hydrogens (tertiary/aromatic N) is 2. The fourth-order valence-corrected chi connectivity index (χ4v) is 3.16. The van der Waals surface area contributed by atoms with Crippen LogP contribution in [0.3, 0.4) is 0 Å². The summed E-state index contributed by atoms with van der Waals surface area (Å²) < 4.78 is 0. The molecule has 2 aliphatic heterocycles. The smallest absolute Gasteiger partial charge is 0.0669 e. The summed E-state index contributed by atoms with van der Waals surface area (Å²) in [6.07, 6.45) is 3.59. The summed E-state index contributed by atoms with van der Waals surface area (Å²) in [5, 5.41) is 0. The van der Waals surface area contributed by atoms with Gasteiger partial charge in [-0.15, -0.1) is 0 Å². The molecule has 2 nitrogen and oxygen atoms in total. The third-order valence-corrected chi connectivity index (χ3v) is 4.26. The minimum Gasteiger partial charge on any atom is -0.372 e. The zero-order valence-corrected chi connectivity index (χ0v) is 13.5. The molecule has 0 bridgehead atoms. The Morgan fingerprint density at radius 1 is 0.909 bits per heavy atom. The van der Waals surface area contributed by atoms with Crippen molar-refractivity contribution in [3.05, 3.63) is 59.7 Å². The minimum absolute atomic E-state index is 0.958. The Balaban J connectivity index is 0.000000693. The lowest BCUT2D eigenvalue weighted by Gasteiger charge is -2.18. The van der Waals surface area contributed by atoms with Gasteiger partial charge in [0.05, 0.1) is 11.4 Å². The number of anilines is 1. The highest BCUT2D eigenvalue weighted by Gasteiger charge is 2.17. The van der Waals surface area contributed by atoms with Gasteiger partial charge in [-0.2, -0.15) is 0 Å². The Morgan fingerprint density at radius 2 is 1.68 bits per heavy atom. The average molecular weight is 292 g/mol. The van der Waals surface area contributed by atoms with E-state index in [1.54, 1.807) is 0 Å². The molecule has 4 rings (SSSR count). The van der Waals surface area contributed by atoms with Gasteiger partial charge in [0, 0.05) is 25.2 Å². The molecule has 2 aromatic carbocycles. The van der Waals surface area contributed by atoms with E-state index in [9.17, 15) is 0 Å². The predicted molar refractivity (Wildman–Crippen MR) is 95.6 cm³/mol. The molecule has 0 unspecified atom stereocenters. The molecule has 2 heteroatoms. The quantitative estimate of drug-likeness (QED) is 0.761. The van der Waals surface area contributed by atoms with E-state index in [4.69, 9.17) is 4.99 Å². The molecule has 0 atom stereocenters. The van der Waals surface area contributed by atoms with Gasteiger partial charge in [-0.05, 0) is 42.2 Å². The first kappa shape index (κ1) is 14.8. The second-order valence-electron chi connectivity index (χ2n) is 5.61. The summed E-state index contributed by atoms with van der Waals surface area (Å²) in [5.74, 6) is 0. The average Bonchev–Trinajstić information content (AvgIpc) is 3.26. The van der Waals surface area contributed by atoms with Gasteiger partial charge in [-0.1, -0.05) is 44.2 Å². The third kappa shape index (κ3) is 2.92. The molecule has 0 amide bonds. The van der Waals surface area contributed by atoms with E-state index in [0.717, 1.165) is 12.1 Å². The predicted octanol–water partition coefficient (Wildman–Crippen LogP) is 4.99. The van der Waals surface area contributed by atoms with Crippen molar-refractivity contribution in [3.63, 3.8) is 0 Å². The van der Waals surface area contributed by atoms with Gasteiger partial charge < -0.3 is 4.90 Å². The van der Waals surface area contributed by atoms with Crippen LogP contribution in [0.4, 0.5) is 11.4 Å². The fraction of sp³-hybridized carbons (Fsp3) is 0.350.